The molecule has 2 rings (SSSR count). The lowest BCUT2D eigenvalue weighted by atomic mass is 10.1. The van der Waals surface area contributed by atoms with Crippen LogP contribution in [0.3, 0.4) is 0 Å². The fraction of sp³-hybridized carbons (Fsp3) is 0.438. The summed E-state index contributed by atoms with van der Waals surface area (Å²) in [5.41, 5.74) is -0.309. The number of carbonyl (C=O) groups is 3. The zero-order valence-electron chi connectivity index (χ0n) is 12.8. The molecule has 0 bridgehead atoms. The van der Waals surface area contributed by atoms with E-state index in [-0.39, 0.29) is 17.2 Å². The van der Waals surface area contributed by atoms with Gasteiger partial charge in [-0.25, -0.2) is 9.18 Å². The minimum absolute atomic E-state index is 0.0927. The average molecular weight is 322 g/mol. The van der Waals surface area contributed by atoms with Gasteiger partial charge in [-0.3, -0.25) is 9.59 Å². The molecule has 1 atom stereocenters. The molecule has 1 saturated heterocycles. The molecule has 6 nitrogen and oxygen atoms in total. The molecule has 1 fully saturated rings. The summed E-state index contributed by atoms with van der Waals surface area (Å²) in [5, 5.41) is 11.3. The van der Waals surface area contributed by atoms with Gasteiger partial charge in [0.15, 0.2) is 0 Å². The molecule has 2 N–H and O–H groups in total. The Kier molecular flexibility index (Phi) is 5.31. The molecule has 1 heterocycles. The van der Waals surface area contributed by atoms with Crippen LogP contribution in [0.15, 0.2) is 18.2 Å². The number of nitrogens with one attached hydrogen (secondary N) is 1. The van der Waals surface area contributed by atoms with Crippen LogP contribution in [0, 0.1) is 5.82 Å². The predicted molar refractivity (Wildman–Crippen MR) is 81.6 cm³/mol. The maximum absolute atomic E-state index is 13.8. The quantitative estimate of drug-likeness (QED) is 0.870. The third-order valence-electron chi connectivity index (χ3n) is 3.81. The lowest BCUT2D eigenvalue weighted by Crippen LogP contribution is -2.43. The van der Waals surface area contributed by atoms with Gasteiger partial charge in [0, 0.05) is 13.0 Å². The van der Waals surface area contributed by atoms with Crippen LogP contribution in [-0.2, 0) is 9.59 Å². The van der Waals surface area contributed by atoms with E-state index in [1.54, 1.807) is 0 Å². The summed E-state index contributed by atoms with van der Waals surface area (Å²) >= 11 is 0. The Hall–Kier alpha value is -2.44. The topological polar surface area (TPSA) is 86.7 Å². The number of rotatable bonds is 5. The molecule has 1 aliphatic rings. The molecule has 0 aromatic heterocycles. The summed E-state index contributed by atoms with van der Waals surface area (Å²) in [5.74, 6) is -2.51. The third-order valence-corrected chi connectivity index (χ3v) is 3.81. The van der Waals surface area contributed by atoms with Gasteiger partial charge in [-0.2, -0.15) is 0 Å². The van der Waals surface area contributed by atoms with Crippen LogP contribution in [0.2, 0.25) is 0 Å². The number of anilines is 1. The molecule has 0 unspecified atom stereocenters. The second kappa shape index (κ2) is 7.21. The van der Waals surface area contributed by atoms with Crippen LogP contribution in [0.4, 0.5) is 10.1 Å². The van der Waals surface area contributed by atoms with Crippen molar-refractivity contribution in [2.45, 2.75) is 38.6 Å². The van der Waals surface area contributed by atoms with E-state index in [0.29, 0.717) is 32.2 Å². The van der Waals surface area contributed by atoms with Crippen LogP contribution in [0.1, 0.15) is 43.0 Å². The molecule has 0 aliphatic carbocycles. The summed E-state index contributed by atoms with van der Waals surface area (Å²) < 4.78 is 13.8. The first kappa shape index (κ1) is 16.9. The van der Waals surface area contributed by atoms with Gasteiger partial charge in [-0.15, -0.1) is 0 Å². The van der Waals surface area contributed by atoms with Crippen molar-refractivity contribution in [2.24, 2.45) is 0 Å². The highest BCUT2D eigenvalue weighted by Gasteiger charge is 2.33. The Balaban J connectivity index is 2.13. The Labute approximate surface area is 133 Å². The molecule has 0 radical (unpaired) electrons. The molecule has 23 heavy (non-hydrogen) atoms. The van der Waals surface area contributed by atoms with Crippen molar-refractivity contribution in [1.82, 2.24) is 4.90 Å². The van der Waals surface area contributed by atoms with Gasteiger partial charge >= 0.3 is 5.97 Å². The molecular weight excluding hydrogens is 303 g/mol. The number of benzene rings is 1. The molecule has 0 saturated carbocycles. The monoisotopic (exact) mass is 322 g/mol. The summed E-state index contributed by atoms with van der Waals surface area (Å²) in [6, 6.07) is 2.55. The van der Waals surface area contributed by atoms with Crippen LogP contribution in [0.5, 0.6) is 0 Å². The van der Waals surface area contributed by atoms with Crippen LogP contribution in [-0.4, -0.2) is 40.4 Å². The number of aromatic carboxylic acids is 1. The van der Waals surface area contributed by atoms with Gasteiger partial charge in [-0.1, -0.05) is 6.92 Å². The molecule has 2 amide bonds. The Morgan fingerprint density at radius 2 is 2.13 bits per heavy atom. The fourth-order valence-electron chi connectivity index (χ4n) is 2.67. The molecule has 0 spiro atoms. The smallest absolute Gasteiger partial charge is 0.335 e. The van der Waals surface area contributed by atoms with Gasteiger partial charge in [-0.05, 0) is 37.5 Å². The van der Waals surface area contributed by atoms with Crippen molar-refractivity contribution in [3.63, 3.8) is 0 Å². The number of carboxylic acid groups (broad SMARTS) is 1. The second-order valence-electron chi connectivity index (χ2n) is 5.48. The van der Waals surface area contributed by atoms with Crippen molar-refractivity contribution in [3.8, 4) is 0 Å². The van der Waals surface area contributed by atoms with Crippen molar-refractivity contribution >= 4 is 23.5 Å². The SMILES string of the molecule is CCCC(=O)N1CCC[C@@H]1C(=O)Nc1cc(C(=O)O)ccc1F. The molecule has 1 aromatic carbocycles. The first-order valence-electron chi connectivity index (χ1n) is 7.57. The maximum Gasteiger partial charge on any atom is 0.335 e. The molecule has 7 heteroatoms. The van der Waals surface area contributed by atoms with Crippen LogP contribution in [0.25, 0.3) is 0 Å². The Bertz CT molecular complexity index is 633. The van der Waals surface area contributed by atoms with E-state index < -0.39 is 23.7 Å². The standard InChI is InChI=1S/C16H19FN2O4/c1-2-4-14(20)19-8-3-5-13(19)15(21)18-12-9-10(16(22)23)6-7-11(12)17/h6-7,9,13H,2-5,8H2,1H3,(H,18,21)(H,22,23)/t13-/m1/s1. The first-order chi connectivity index (χ1) is 10.9. The van der Waals surface area contributed by atoms with Crippen molar-refractivity contribution < 1.29 is 23.9 Å². The number of amides is 2. The second-order valence-corrected chi connectivity index (χ2v) is 5.48. The highest BCUT2D eigenvalue weighted by Crippen LogP contribution is 2.22. The molecule has 124 valence electrons. The van der Waals surface area contributed by atoms with Crippen molar-refractivity contribution in [3.05, 3.63) is 29.6 Å². The van der Waals surface area contributed by atoms with E-state index in [9.17, 15) is 18.8 Å². The van der Waals surface area contributed by atoms with E-state index in [1.165, 1.54) is 4.90 Å². The number of carboxylic acids is 1. The van der Waals surface area contributed by atoms with Crippen LogP contribution < -0.4 is 5.32 Å². The van der Waals surface area contributed by atoms with Crippen molar-refractivity contribution in [1.29, 1.82) is 0 Å². The Morgan fingerprint density at radius 1 is 1.39 bits per heavy atom. The largest absolute Gasteiger partial charge is 0.478 e. The minimum Gasteiger partial charge on any atom is -0.478 e. The lowest BCUT2D eigenvalue weighted by molar-refractivity contribution is -0.136. The summed E-state index contributed by atoms with van der Waals surface area (Å²) in [6.45, 7) is 2.39. The highest BCUT2D eigenvalue weighted by molar-refractivity contribution is 5.98. The van der Waals surface area contributed by atoms with E-state index >= 15 is 0 Å². The van der Waals surface area contributed by atoms with Gasteiger partial charge in [0.05, 0.1) is 11.3 Å². The number of hydrogen-bond donors (Lipinski definition) is 2. The summed E-state index contributed by atoms with van der Waals surface area (Å²) in [6.07, 6.45) is 2.29. The number of halogens is 1. The normalized spacial score (nSPS) is 17.1. The average Bonchev–Trinajstić information content (AvgIpc) is 2.99. The molecule has 1 aliphatic heterocycles. The molecular formula is C16H19FN2O4. The van der Waals surface area contributed by atoms with Gasteiger partial charge in [0.25, 0.3) is 0 Å². The summed E-state index contributed by atoms with van der Waals surface area (Å²) in [4.78, 5) is 36.8. The highest BCUT2D eigenvalue weighted by atomic mass is 19.1. The lowest BCUT2D eigenvalue weighted by Gasteiger charge is -2.24. The maximum atomic E-state index is 13.8. The zero-order valence-corrected chi connectivity index (χ0v) is 12.8. The van der Waals surface area contributed by atoms with E-state index in [0.717, 1.165) is 18.2 Å². The predicted octanol–water partition coefficient (Wildman–Crippen LogP) is 2.25. The van der Waals surface area contributed by atoms with E-state index in [1.807, 2.05) is 6.92 Å². The van der Waals surface area contributed by atoms with Crippen molar-refractivity contribution in [2.75, 3.05) is 11.9 Å². The van der Waals surface area contributed by atoms with E-state index in [2.05, 4.69) is 5.32 Å². The number of likely N-dealkylation sites (tertiary alicyclic amines) is 1. The third kappa shape index (κ3) is 3.85. The Morgan fingerprint density at radius 3 is 2.78 bits per heavy atom. The molecule has 1 aromatic rings. The van der Waals surface area contributed by atoms with Crippen LogP contribution >= 0.6 is 0 Å². The van der Waals surface area contributed by atoms with E-state index in [4.69, 9.17) is 5.11 Å². The van der Waals surface area contributed by atoms with Gasteiger partial charge in [0.1, 0.15) is 11.9 Å². The van der Waals surface area contributed by atoms with Gasteiger partial charge < -0.3 is 15.3 Å². The zero-order chi connectivity index (χ0) is 17.0. The number of carbonyl (C=O) groups excluding carboxylic acids is 2. The number of hydrogen-bond acceptors (Lipinski definition) is 3. The minimum atomic E-state index is -1.21. The first-order valence-corrected chi connectivity index (χ1v) is 7.57. The van der Waals surface area contributed by atoms with Gasteiger partial charge in [0.2, 0.25) is 11.8 Å². The summed E-state index contributed by atoms with van der Waals surface area (Å²) in [7, 11) is 0. The number of nitrogens with zero attached hydrogens (tertiary/aromatic N) is 1. The fourth-order valence-corrected chi connectivity index (χ4v) is 2.67.